The van der Waals surface area contributed by atoms with Crippen LogP contribution in [0.2, 0.25) is 0 Å². The standard InChI is InChI=1S/C28H38F3NO5/c1-17(2)27(37-25-21-12-18-11-19(14-21)15-22(25)13-18)36-24-16-20(3-4-23(24)28(29,30)31)26(33)35-10-7-32-5-8-34-9-6-32/h3-4,16-19,21-22,25,27H,5-15H2,1-2H3. The molecule has 37 heavy (non-hydrogen) atoms. The predicted molar refractivity (Wildman–Crippen MR) is 130 cm³/mol. The van der Waals surface area contributed by atoms with Crippen LogP contribution in [0.15, 0.2) is 18.2 Å². The van der Waals surface area contributed by atoms with E-state index in [0.717, 1.165) is 68.8 Å². The maximum absolute atomic E-state index is 13.9. The van der Waals surface area contributed by atoms with Gasteiger partial charge in [-0.15, -0.1) is 0 Å². The second-order valence-electron chi connectivity index (χ2n) is 11.6. The molecule has 5 fully saturated rings. The molecule has 5 aliphatic rings. The summed E-state index contributed by atoms with van der Waals surface area (Å²) in [6, 6.07) is 3.19. The number of hydrogen-bond donors (Lipinski definition) is 0. The summed E-state index contributed by atoms with van der Waals surface area (Å²) in [5.74, 6) is 1.22. The van der Waals surface area contributed by atoms with Crippen LogP contribution in [0, 0.1) is 29.6 Å². The number of hydrogen-bond acceptors (Lipinski definition) is 6. The number of halogens is 3. The fraction of sp³-hybridized carbons (Fsp3) is 0.750. The Kier molecular flexibility index (Phi) is 8.03. The zero-order valence-corrected chi connectivity index (χ0v) is 21.7. The minimum absolute atomic E-state index is 0.0165. The lowest BCUT2D eigenvalue weighted by molar-refractivity contribution is -0.212. The Morgan fingerprint density at radius 2 is 1.70 bits per heavy atom. The maximum Gasteiger partial charge on any atom is 0.419 e. The van der Waals surface area contributed by atoms with Gasteiger partial charge in [-0.05, 0) is 74.0 Å². The van der Waals surface area contributed by atoms with Crippen LogP contribution < -0.4 is 4.74 Å². The van der Waals surface area contributed by atoms with E-state index in [2.05, 4.69) is 4.90 Å². The molecule has 1 aromatic carbocycles. The molecule has 4 bridgehead atoms. The van der Waals surface area contributed by atoms with E-state index in [-0.39, 0.29) is 24.2 Å². The van der Waals surface area contributed by atoms with E-state index in [4.69, 9.17) is 18.9 Å². The highest BCUT2D eigenvalue weighted by Crippen LogP contribution is 2.55. The Hall–Kier alpha value is -1.84. The third kappa shape index (κ3) is 6.25. The van der Waals surface area contributed by atoms with Crippen molar-refractivity contribution in [2.24, 2.45) is 29.6 Å². The fourth-order valence-corrected chi connectivity index (χ4v) is 6.85. The van der Waals surface area contributed by atoms with Gasteiger partial charge in [0.05, 0.1) is 30.4 Å². The quantitative estimate of drug-likeness (QED) is 0.318. The van der Waals surface area contributed by atoms with E-state index in [0.29, 0.717) is 31.6 Å². The van der Waals surface area contributed by atoms with Gasteiger partial charge < -0.3 is 18.9 Å². The lowest BCUT2D eigenvalue weighted by Gasteiger charge is -2.54. The summed E-state index contributed by atoms with van der Waals surface area (Å²) in [7, 11) is 0. The normalized spacial score (nSPS) is 30.5. The summed E-state index contributed by atoms with van der Waals surface area (Å²) in [6.07, 6.45) is 0.430. The number of rotatable bonds is 9. The van der Waals surface area contributed by atoms with Gasteiger partial charge >= 0.3 is 12.1 Å². The van der Waals surface area contributed by atoms with Crippen LogP contribution in [0.3, 0.4) is 0 Å². The first-order valence-corrected chi connectivity index (χ1v) is 13.7. The van der Waals surface area contributed by atoms with Crippen molar-refractivity contribution in [2.45, 2.75) is 64.5 Å². The van der Waals surface area contributed by atoms with Crippen LogP contribution in [0.25, 0.3) is 0 Å². The van der Waals surface area contributed by atoms with Crippen LogP contribution in [0.4, 0.5) is 13.2 Å². The highest BCUT2D eigenvalue weighted by Gasteiger charge is 2.50. The van der Waals surface area contributed by atoms with Gasteiger partial charge in [0.25, 0.3) is 0 Å². The van der Waals surface area contributed by atoms with Gasteiger partial charge in [-0.3, -0.25) is 4.90 Å². The summed E-state index contributed by atoms with van der Waals surface area (Å²) in [5, 5.41) is 0. The molecule has 1 heterocycles. The molecule has 0 aromatic heterocycles. The summed E-state index contributed by atoms with van der Waals surface area (Å²) in [6.45, 7) is 7.27. The lowest BCUT2D eigenvalue weighted by Crippen LogP contribution is -2.51. The van der Waals surface area contributed by atoms with Crippen molar-refractivity contribution in [3.8, 4) is 5.75 Å². The van der Waals surface area contributed by atoms with Gasteiger partial charge in [0.15, 0.2) is 0 Å². The average molecular weight is 526 g/mol. The van der Waals surface area contributed by atoms with Crippen LogP contribution in [-0.4, -0.2) is 62.7 Å². The van der Waals surface area contributed by atoms with E-state index >= 15 is 0 Å². The van der Waals surface area contributed by atoms with Gasteiger partial charge in [0.2, 0.25) is 6.29 Å². The first-order chi connectivity index (χ1) is 17.7. The molecule has 1 aromatic rings. The average Bonchev–Trinajstić information content (AvgIpc) is 2.84. The first kappa shape index (κ1) is 26.8. The van der Waals surface area contributed by atoms with E-state index in [1.807, 2.05) is 13.8 Å². The molecule has 0 N–H and O–H groups in total. The molecule has 9 heteroatoms. The van der Waals surface area contributed by atoms with Gasteiger partial charge in [-0.25, -0.2) is 4.79 Å². The molecular weight excluding hydrogens is 487 g/mol. The van der Waals surface area contributed by atoms with E-state index in [9.17, 15) is 18.0 Å². The fourth-order valence-electron chi connectivity index (χ4n) is 6.85. The summed E-state index contributed by atoms with van der Waals surface area (Å²) < 4.78 is 64.7. The SMILES string of the molecule is CC(C)C(Oc1cc(C(=O)OCCN2CCOCC2)ccc1C(F)(F)F)OC1C2CC3CC(C2)CC1C3. The van der Waals surface area contributed by atoms with E-state index in [1.165, 1.54) is 6.42 Å². The Labute approximate surface area is 216 Å². The molecule has 1 aliphatic heterocycles. The van der Waals surface area contributed by atoms with Crippen LogP contribution in [0.1, 0.15) is 61.9 Å². The Bertz CT molecular complexity index is 918. The van der Waals surface area contributed by atoms with E-state index in [1.54, 1.807) is 0 Å². The number of benzene rings is 1. The number of alkyl halides is 3. The molecule has 1 saturated heterocycles. The molecule has 0 radical (unpaired) electrons. The second kappa shape index (κ2) is 11.1. The second-order valence-corrected chi connectivity index (χ2v) is 11.6. The van der Waals surface area contributed by atoms with Crippen molar-refractivity contribution < 1.29 is 36.9 Å². The number of carbonyl (C=O) groups is 1. The molecular formula is C28H38F3NO5. The van der Waals surface area contributed by atoms with Crippen molar-refractivity contribution in [1.82, 2.24) is 4.90 Å². The van der Waals surface area contributed by atoms with E-state index < -0.39 is 29.7 Å². The Morgan fingerprint density at radius 1 is 1.05 bits per heavy atom. The Balaban J connectivity index is 1.28. The third-order valence-electron chi connectivity index (χ3n) is 8.49. The molecule has 4 saturated carbocycles. The van der Waals surface area contributed by atoms with Crippen LogP contribution in [-0.2, 0) is 20.4 Å². The molecule has 0 spiro atoms. The minimum Gasteiger partial charge on any atom is -0.464 e. The van der Waals surface area contributed by atoms with Crippen LogP contribution in [0.5, 0.6) is 5.75 Å². The minimum atomic E-state index is -4.63. The van der Waals surface area contributed by atoms with Crippen molar-refractivity contribution >= 4 is 5.97 Å². The smallest absolute Gasteiger partial charge is 0.419 e. The predicted octanol–water partition coefficient (Wildman–Crippen LogP) is 5.40. The zero-order chi connectivity index (χ0) is 26.2. The number of nitrogens with zero attached hydrogens (tertiary/aromatic N) is 1. The van der Waals surface area contributed by atoms with Crippen molar-refractivity contribution in [1.29, 1.82) is 0 Å². The lowest BCUT2D eigenvalue weighted by atomic mass is 9.55. The third-order valence-corrected chi connectivity index (χ3v) is 8.49. The molecule has 6 nitrogen and oxygen atoms in total. The molecule has 1 atom stereocenters. The molecule has 0 amide bonds. The summed E-state index contributed by atoms with van der Waals surface area (Å²) in [5.41, 5.74) is -0.890. The van der Waals surface area contributed by atoms with Gasteiger partial charge in [-0.1, -0.05) is 13.8 Å². The molecule has 4 aliphatic carbocycles. The first-order valence-electron chi connectivity index (χ1n) is 13.7. The maximum atomic E-state index is 13.9. The largest absolute Gasteiger partial charge is 0.464 e. The number of ether oxygens (including phenoxy) is 4. The topological polar surface area (TPSA) is 57.2 Å². The monoisotopic (exact) mass is 525 g/mol. The highest BCUT2D eigenvalue weighted by atomic mass is 19.4. The van der Waals surface area contributed by atoms with Crippen molar-refractivity contribution in [3.05, 3.63) is 29.3 Å². The number of carbonyl (C=O) groups excluding carboxylic acids is 1. The van der Waals surface area contributed by atoms with Crippen molar-refractivity contribution in [3.63, 3.8) is 0 Å². The van der Waals surface area contributed by atoms with Gasteiger partial charge in [0, 0.05) is 25.6 Å². The zero-order valence-electron chi connectivity index (χ0n) is 21.7. The molecule has 1 unspecified atom stereocenters. The molecule has 6 rings (SSSR count). The number of morpholine rings is 1. The van der Waals surface area contributed by atoms with Crippen LogP contribution >= 0.6 is 0 Å². The number of esters is 1. The Morgan fingerprint density at radius 3 is 2.30 bits per heavy atom. The molecule has 206 valence electrons. The highest BCUT2D eigenvalue weighted by molar-refractivity contribution is 5.90. The summed E-state index contributed by atoms with van der Waals surface area (Å²) >= 11 is 0. The van der Waals surface area contributed by atoms with Gasteiger partial charge in [0.1, 0.15) is 12.4 Å². The van der Waals surface area contributed by atoms with Crippen molar-refractivity contribution in [2.75, 3.05) is 39.5 Å². The van der Waals surface area contributed by atoms with Gasteiger partial charge in [-0.2, -0.15) is 13.2 Å². The summed E-state index contributed by atoms with van der Waals surface area (Å²) in [4.78, 5) is 14.8.